The van der Waals surface area contributed by atoms with Gasteiger partial charge in [0.25, 0.3) is 0 Å². The van der Waals surface area contributed by atoms with Crippen molar-refractivity contribution < 1.29 is 8.78 Å². The summed E-state index contributed by atoms with van der Waals surface area (Å²) in [6.45, 7) is 5.00. The first kappa shape index (κ1) is 13.3. The molecule has 1 heterocycles. The number of hydrogen-bond acceptors (Lipinski definition) is 2. The number of hydrogen-bond donors (Lipinski definition) is 1. The van der Waals surface area contributed by atoms with Crippen LogP contribution < -0.4 is 10.2 Å². The summed E-state index contributed by atoms with van der Waals surface area (Å²) in [4.78, 5) is 2.12. The Hall–Kier alpha value is -1.16. The van der Waals surface area contributed by atoms with E-state index in [2.05, 4.69) is 17.1 Å². The number of nitrogens with zero attached hydrogens (tertiary/aromatic N) is 1. The molecule has 1 aliphatic heterocycles. The maximum Gasteiger partial charge on any atom is 0.160 e. The SMILES string of the molecule is CCCNC1CCN(c2ccc(F)c(F)c2)CC1. The maximum absolute atomic E-state index is 13.2. The fourth-order valence-electron chi connectivity index (χ4n) is 2.37. The van der Waals surface area contributed by atoms with Crippen molar-refractivity contribution in [2.24, 2.45) is 0 Å². The van der Waals surface area contributed by atoms with Crippen LogP contribution >= 0.6 is 0 Å². The van der Waals surface area contributed by atoms with E-state index in [1.54, 1.807) is 6.07 Å². The minimum atomic E-state index is -0.779. The zero-order valence-corrected chi connectivity index (χ0v) is 10.8. The Morgan fingerprint density at radius 3 is 2.56 bits per heavy atom. The first-order valence-corrected chi connectivity index (χ1v) is 6.64. The normalized spacial score (nSPS) is 17.2. The molecular formula is C14H20F2N2. The van der Waals surface area contributed by atoms with Gasteiger partial charge >= 0.3 is 0 Å². The van der Waals surface area contributed by atoms with E-state index in [4.69, 9.17) is 0 Å². The first-order valence-electron chi connectivity index (χ1n) is 6.64. The fourth-order valence-corrected chi connectivity index (χ4v) is 2.37. The molecule has 2 nitrogen and oxygen atoms in total. The molecule has 0 amide bonds. The lowest BCUT2D eigenvalue weighted by Crippen LogP contribution is -2.42. The molecule has 0 aromatic heterocycles. The van der Waals surface area contributed by atoms with Crippen LogP contribution in [0.3, 0.4) is 0 Å². The highest BCUT2D eigenvalue weighted by Gasteiger charge is 2.19. The van der Waals surface area contributed by atoms with Gasteiger partial charge in [0, 0.05) is 30.9 Å². The first-order chi connectivity index (χ1) is 8.70. The van der Waals surface area contributed by atoms with Crippen LogP contribution in [-0.4, -0.2) is 25.7 Å². The summed E-state index contributed by atoms with van der Waals surface area (Å²) in [6.07, 6.45) is 3.25. The molecule has 1 aromatic carbocycles. The second-order valence-electron chi connectivity index (χ2n) is 4.81. The van der Waals surface area contributed by atoms with Crippen molar-refractivity contribution in [3.63, 3.8) is 0 Å². The van der Waals surface area contributed by atoms with Crippen LogP contribution in [0, 0.1) is 11.6 Å². The molecule has 100 valence electrons. The number of anilines is 1. The molecule has 0 saturated carbocycles. The predicted molar refractivity (Wildman–Crippen MR) is 69.9 cm³/mol. The van der Waals surface area contributed by atoms with Gasteiger partial charge < -0.3 is 10.2 Å². The molecule has 0 spiro atoms. The molecule has 18 heavy (non-hydrogen) atoms. The van der Waals surface area contributed by atoms with Crippen molar-refractivity contribution in [3.8, 4) is 0 Å². The van der Waals surface area contributed by atoms with Gasteiger partial charge in [0.05, 0.1) is 0 Å². The molecule has 1 aliphatic rings. The Morgan fingerprint density at radius 1 is 1.22 bits per heavy atom. The van der Waals surface area contributed by atoms with Gasteiger partial charge in [-0.2, -0.15) is 0 Å². The monoisotopic (exact) mass is 254 g/mol. The molecule has 1 N–H and O–H groups in total. The van der Waals surface area contributed by atoms with Crippen molar-refractivity contribution in [2.45, 2.75) is 32.2 Å². The van der Waals surface area contributed by atoms with Crippen molar-refractivity contribution in [3.05, 3.63) is 29.8 Å². The third-order valence-corrected chi connectivity index (χ3v) is 3.45. The van der Waals surface area contributed by atoms with Crippen molar-refractivity contribution in [2.75, 3.05) is 24.5 Å². The van der Waals surface area contributed by atoms with Gasteiger partial charge in [-0.15, -0.1) is 0 Å². The van der Waals surface area contributed by atoms with Crippen molar-refractivity contribution in [1.29, 1.82) is 0 Å². The van der Waals surface area contributed by atoms with E-state index in [1.807, 2.05) is 0 Å². The zero-order chi connectivity index (χ0) is 13.0. The average Bonchev–Trinajstić information content (AvgIpc) is 2.40. The maximum atomic E-state index is 13.2. The summed E-state index contributed by atoms with van der Waals surface area (Å²) < 4.78 is 26.0. The average molecular weight is 254 g/mol. The van der Waals surface area contributed by atoms with E-state index in [0.717, 1.165) is 44.6 Å². The summed E-state index contributed by atoms with van der Waals surface area (Å²) in [5, 5.41) is 3.50. The van der Waals surface area contributed by atoms with E-state index >= 15 is 0 Å². The highest BCUT2D eigenvalue weighted by molar-refractivity contribution is 5.47. The molecule has 0 bridgehead atoms. The Balaban J connectivity index is 1.90. The lowest BCUT2D eigenvalue weighted by Gasteiger charge is -2.34. The second-order valence-corrected chi connectivity index (χ2v) is 4.81. The van der Waals surface area contributed by atoms with Gasteiger partial charge in [0.1, 0.15) is 0 Å². The topological polar surface area (TPSA) is 15.3 Å². The molecule has 0 atom stereocenters. The second kappa shape index (κ2) is 6.14. The minimum absolute atomic E-state index is 0.562. The van der Waals surface area contributed by atoms with Crippen LogP contribution in [0.1, 0.15) is 26.2 Å². The molecule has 0 radical (unpaired) electrons. The van der Waals surface area contributed by atoms with Crippen molar-refractivity contribution in [1.82, 2.24) is 5.32 Å². The lowest BCUT2D eigenvalue weighted by molar-refractivity contribution is 0.415. The molecule has 0 unspecified atom stereocenters. The molecule has 0 aliphatic carbocycles. The molecule has 2 rings (SSSR count). The quantitative estimate of drug-likeness (QED) is 0.888. The number of rotatable bonds is 4. The Labute approximate surface area is 107 Å². The molecule has 1 fully saturated rings. The summed E-state index contributed by atoms with van der Waals surface area (Å²) in [6, 6.07) is 4.70. The number of piperidine rings is 1. The van der Waals surface area contributed by atoms with Crippen LogP contribution in [0.25, 0.3) is 0 Å². The zero-order valence-electron chi connectivity index (χ0n) is 10.8. The molecule has 1 aromatic rings. The number of halogens is 2. The number of nitrogens with one attached hydrogen (secondary N) is 1. The summed E-state index contributed by atoms with van der Waals surface area (Å²) in [7, 11) is 0. The Kier molecular flexibility index (Phi) is 4.53. The molecular weight excluding hydrogens is 234 g/mol. The van der Waals surface area contributed by atoms with Crippen LogP contribution in [0.5, 0.6) is 0 Å². The van der Waals surface area contributed by atoms with Crippen molar-refractivity contribution >= 4 is 5.69 Å². The van der Waals surface area contributed by atoms with Gasteiger partial charge in [-0.3, -0.25) is 0 Å². The lowest BCUT2D eigenvalue weighted by atomic mass is 10.0. The van der Waals surface area contributed by atoms with E-state index in [0.29, 0.717) is 6.04 Å². The molecule has 4 heteroatoms. The largest absolute Gasteiger partial charge is 0.371 e. The van der Waals surface area contributed by atoms with E-state index in [1.165, 1.54) is 12.1 Å². The standard InChI is InChI=1S/C14H20F2N2/c1-2-7-17-11-5-8-18(9-6-11)12-3-4-13(15)14(16)10-12/h3-4,10-11,17H,2,5-9H2,1H3. The van der Waals surface area contributed by atoms with E-state index in [9.17, 15) is 8.78 Å². The Bertz CT molecular complexity index is 387. The summed E-state index contributed by atoms with van der Waals surface area (Å²) in [5.41, 5.74) is 0.780. The molecule has 1 saturated heterocycles. The minimum Gasteiger partial charge on any atom is -0.371 e. The third-order valence-electron chi connectivity index (χ3n) is 3.45. The van der Waals surface area contributed by atoms with Crippen LogP contribution in [0.15, 0.2) is 18.2 Å². The van der Waals surface area contributed by atoms with Gasteiger partial charge in [-0.05, 0) is 37.9 Å². The van der Waals surface area contributed by atoms with Crippen LogP contribution in [0.2, 0.25) is 0 Å². The van der Waals surface area contributed by atoms with Gasteiger partial charge in [0.15, 0.2) is 11.6 Å². The highest BCUT2D eigenvalue weighted by Crippen LogP contribution is 2.22. The number of benzene rings is 1. The highest BCUT2D eigenvalue weighted by atomic mass is 19.2. The van der Waals surface area contributed by atoms with Crippen LogP contribution in [0.4, 0.5) is 14.5 Å². The Morgan fingerprint density at radius 2 is 1.94 bits per heavy atom. The summed E-state index contributed by atoms with van der Waals surface area (Å²) in [5.74, 6) is -1.54. The third kappa shape index (κ3) is 3.19. The smallest absolute Gasteiger partial charge is 0.160 e. The van der Waals surface area contributed by atoms with E-state index in [-0.39, 0.29) is 0 Å². The fraction of sp³-hybridized carbons (Fsp3) is 0.571. The predicted octanol–water partition coefficient (Wildman–Crippen LogP) is 2.93. The van der Waals surface area contributed by atoms with Gasteiger partial charge in [-0.25, -0.2) is 8.78 Å². The van der Waals surface area contributed by atoms with E-state index < -0.39 is 11.6 Å². The summed E-state index contributed by atoms with van der Waals surface area (Å²) >= 11 is 0. The van der Waals surface area contributed by atoms with Gasteiger partial charge in [-0.1, -0.05) is 6.92 Å². The van der Waals surface area contributed by atoms with Crippen LogP contribution in [-0.2, 0) is 0 Å². The van der Waals surface area contributed by atoms with Gasteiger partial charge in [0.2, 0.25) is 0 Å².